The van der Waals surface area contributed by atoms with Crippen LogP contribution >= 0.6 is 0 Å². The average molecular weight is 222 g/mol. The number of aliphatic hydroxyl groups excluding tert-OH is 1. The molecule has 1 unspecified atom stereocenters. The van der Waals surface area contributed by atoms with Gasteiger partial charge in [-0.15, -0.1) is 0 Å². The summed E-state index contributed by atoms with van der Waals surface area (Å²) in [6.45, 7) is 3.88. The molecule has 2 N–H and O–H groups in total. The van der Waals surface area contributed by atoms with Crippen molar-refractivity contribution in [3.8, 4) is 0 Å². The molecule has 0 saturated heterocycles. The Bertz CT molecular complexity index is 349. The number of hydrogen-bond donors (Lipinski definition) is 2. The molecule has 1 rings (SSSR count). The van der Waals surface area contributed by atoms with Gasteiger partial charge >= 0.3 is 0 Å². The first kappa shape index (κ1) is 12.6. The monoisotopic (exact) mass is 222 g/mol. The quantitative estimate of drug-likeness (QED) is 0.785. The molecule has 0 aromatic carbocycles. The van der Waals surface area contributed by atoms with Crippen molar-refractivity contribution in [2.75, 3.05) is 6.61 Å². The van der Waals surface area contributed by atoms with E-state index in [-0.39, 0.29) is 18.6 Å². The normalized spacial score (nSPS) is 12.2. The fourth-order valence-electron chi connectivity index (χ4n) is 1.47. The summed E-state index contributed by atoms with van der Waals surface area (Å²) in [5.74, 6) is -0.139. The van der Waals surface area contributed by atoms with Crippen molar-refractivity contribution in [3.63, 3.8) is 0 Å². The highest BCUT2D eigenvalue weighted by atomic mass is 16.3. The first-order valence-corrected chi connectivity index (χ1v) is 5.57. The van der Waals surface area contributed by atoms with E-state index < -0.39 is 0 Å². The Balaban J connectivity index is 2.79. The molecule has 0 aliphatic carbocycles. The average Bonchev–Trinajstić information content (AvgIpc) is 2.35. The summed E-state index contributed by atoms with van der Waals surface area (Å²) in [5, 5.41) is 11.8. The molecule has 1 aromatic rings. The fourth-order valence-corrected chi connectivity index (χ4v) is 1.47. The molecule has 0 bridgehead atoms. The van der Waals surface area contributed by atoms with Gasteiger partial charge in [0.2, 0.25) is 0 Å². The van der Waals surface area contributed by atoms with Crippen LogP contribution in [0.25, 0.3) is 0 Å². The van der Waals surface area contributed by atoms with Crippen LogP contribution in [0.4, 0.5) is 0 Å². The molecule has 4 nitrogen and oxygen atoms in total. The highest BCUT2D eigenvalue weighted by Gasteiger charge is 2.13. The number of aromatic nitrogens is 1. The molecule has 1 aromatic heterocycles. The third kappa shape index (κ3) is 3.03. The van der Waals surface area contributed by atoms with E-state index in [0.29, 0.717) is 5.56 Å². The molecule has 0 saturated carbocycles. The third-order valence-electron chi connectivity index (χ3n) is 2.58. The maximum absolute atomic E-state index is 11.9. The van der Waals surface area contributed by atoms with Gasteiger partial charge in [-0.2, -0.15) is 0 Å². The van der Waals surface area contributed by atoms with Crippen LogP contribution in [0.2, 0.25) is 0 Å². The minimum atomic E-state index is -0.176. The zero-order valence-electron chi connectivity index (χ0n) is 9.73. The number of rotatable bonds is 5. The van der Waals surface area contributed by atoms with Crippen molar-refractivity contribution in [3.05, 3.63) is 29.6 Å². The zero-order chi connectivity index (χ0) is 12.0. The molecular weight excluding hydrogens is 204 g/mol. The standard InChI is InChI=1S/C12H18N2O2/c1-3-9-7-13-6-5-11(9)12(16)14-10(4-2)8-15/h5-7,10,15H,3-4,8H2,1-2H3,(H,14,16). The van der Waals surface area contributed by atoms with Crippen LogP contribution in [0.1, 0.15) is 36.2 Å². The van der Waals surface area contributed by atoms with Crippen LogP contribution in [0.15, 0.2) is 18.5 Å². The van der Waals surface area contributed by atoms with Gasteiger partial charge < -0.3 is 10.4 Å². The van der Waals surface area contributed by atoms with Crippen LogP contribution in [0.5, 0.6) is 0 Å². The van der Waals surface area contributed by atoms with E-state index in [4.69, 9.17) is 5.11 Å². The van der Waals surface area contributed by atoms with Crippen LogP contribution in [-0.4, -0.2) is 28.6 Å². The van der Waals surface area contributed by atoms with E-state index in [2.05, 4.69) is 10.3 Å². The second kappa shape index (κ2) is 6.23. The van der Waals surface area contributed by atoms with E-state index in [9.17, 15) is 4.79 Å². The van der Waals surface area contributed by atoms with Gasteiger partial charge in [0, 0.05) is 18.0 Å². The van der Waals surface area contributed by atoms with Gasteiger partial charge in [-0.3, -0.25) is 9.78 Å². The summed E-state index contributed by atoms with van der Waals surface area (Å²) in [6, 6.07) is 1.53. The summed E-state index contributed by atoms with van der Waals surface area (Å²) in [7, 11) is 0. The van der Waals surface area contributed by atoms with Crippen LogP contribution in [0.3, 0.4) is 0 Å². The van der Waals surface area contributed by atoms with Crippen LogP contribution < -0.4 is 5.32 Å². The number of nitrogens with one attached hydrogen (secondary N) is 1. The van der Waals surface area contributed by atoms with Crippen molar-refractivity contribution < 1.29 is 9.90 Å². The van der Waals surface area contributed by atoms with Crippen LogP contribution in [0, 0.1) is 0 Å². The summed E-state index contributed by atoms with van der Waals surface area (Å²) in [5.41, 5.74) is 1.57. The lowest BCUT2D eigenvalue weighted by atomic mass is 10.1. The predicted molar refractivity (Wildman–Crippen MR) is 62.2 cm³/mol. The molecule has 1 atom stereocenters. The maximum atomic E-state index is 11.9. The molecule has 0 radical (unpaired) electrons. The molecule has 88 valence electrons. The van der Waals surface area contributed by atoms with E-state index in [0.717, 1.165) is 18.4 Å². The Hall–Kier alpha value is -1.42. The Morgan fingerprint density at radius 2 is 2.31 bits per heavy atom. The third-order valence-corrected chi connectivity index (χ3v) is 2.58. The molecule has 0 spiro atoms. The lowest BCUT2D eigenvalue weighted by Crippen LogP contribution is -2.37. The molecule has 1 heterocycles. The molecule has 0 fully saturated rings. The molecular formula is C12H18N2O2. The number of carbonyl (C=O) groups excluding carboxylic acids is 1. The van der Waals surface area contributed by atoms with Crippen molar-refractivity contribution in [2.45, 2.75) is 32.7 Å². The predicted octanol–water partition coefficient (Wildman–Crippen LogP) is 1.14. The first-order valence-electron chi connectivity index (χ1n) is 5.57. The minimum absolute atomic E-state index is 0.0330. The molecule has 1 amide bonds. The van der Waals surface area contributed by atoms with Gasteiger partial charge in [0.15, 0.2) is 0 Å². The number of amides is 1. The van der Waals surface area contributed by atoms with Gasteiger partial charge in [-0.1, -0.05) is 13.8 Å². The smallest absolute Gasteiger partial charge is 0.251 e. The van der Waals surface area contributed by atoms with Crippen molar-refractivity contribution in [1.29, 1.82) is 0 Å². The van der Waals surface area contributed by atoms with E-state index in [1.807, 2.05) is 13.8 Å². The maximum Gasteiger partial charge on any atom is 0.251 e. The van der Waals surface area contributed by atoms with Gasteiger partial charge in [0.25, 0.3) is 5.91 Å². The van der Waals surface area contributed by atoms with Gasteiger partial charge in [-0.05, 0) is 24.5 Å². The highest BCUT2D eigenvalue weighted by molar-refractivity contribution is 5.95. The molecule has 16 heavy (non-hydrogen) atoms. The summed E-state index contributed by atoms with van der Waals surface area (Å²) < 4.78 is 0. The van der Waals surface area contributed by atoms with Crippen molar-refractivity contribution in [2.24, 2.45) is 0 Å². The number of carbonyl (C=O) groups is 1. The lowest BCUT2D eigenvalue weighted by Gasteiger charge is -2.15. The Morgan fingerprint density at radius 3 is 2.88 bits per heavy atom. The van der Waals surface area contributed by atoms with Crippen molar-refractivity contribution in [1.82, 2.24) is 10.3 Å². The summed E-state index contributed by atoms with van der Waals surface area (Å²) in [4.78, 5) is 15.9. The Labute approximate surface area is 95.7 Å². The Morgan fingerprint density at radius 1 is 1.56 bits per heavy atom. The number of nitrogens with zero attached hydrogens (tertiary/aromatic N) is 1. The van der Waals surface area contributed by atoms with Gasteiger partial charge in [0.1, 0.15) is 0 Å². The zero-order valence-corrected chi connectivity index (χ0v) is 9.73. The van der Waals surface area contributed by atoms with Crippen LogP contribution in [-0.2, 0) is 6.42 Å². The Kier molecular flexibility index (Phi) is 4.92. The lowest BCUT2D eigenvalue weighted by molar-refractivity contribution is 0.0914. The SMILES string of the molecule is CCc1cnccc1C(=O)NC(CC)CO. The second-order valence-electron chi connectivity index (χ2n) is 3.65. The summed E-state index contributed by atoms with van der Waals surface area (Å²) >= 11 is 0. The topological polar surface area (TPSA) is 62.2 Å². The molecule has 0 aliphatic heterocycles. The van der Waals surface area contributed by atoms with E-state index in [1.54, 1.807) is 18.5 Å². The number of aliphatic hydroxyl groups is 1. The number of aryl methyl sites for hydroxylation is 1. The van der Waals surface area contributed by atoms with Crippen molar-refractivity contribution >= 4 is 5.91 Å². The van der Waals surface area contributed by atoms with E-state index >= 15 is 0 Å². The largest absolute Gasteiger partial charge is 0.394 e. The second-order valence-corrected chi connectivity index (χ2v) is 3.65. The highest BCUT2D eigenvalue weighted by Crippen LogP contribution is 2.08. The molecule has 4 heteroatoms. The van der Waals surface area contributed by atoms with Gasteiger partial charge in [-0.25, -0.2) is 0 Å². The first-order chi connectivity index (χ1) is 7.72. The number of pyridine rings is 1. The molecule has 0 aliphatic rings. The minimum Gasteiger partial charge on any atom is -0.394 e. The fraction of sp³-hybridized carbons (Fsp3) is 0.500. The number of hydrogen-bond acceptors (Lipinski definition) is 3. The van der Waals surface area contributed by atoms with E-state index in [1.165, 1.54) is 0 Å². The summed E-state index contributed by atoms with van der Waals surface area (Å²) in [6.07, 6.45) is 4.80. The van der Waals surface area contributed by atoms with Gasteiger partial charge in [0.05, 0.1) is 12.6 Å².